The number of carbonyl (C=O) groups excluding carboxylic acids is 1. The van der Waals surface area contributed by atoms with Crippen LogP contribution in [-0.2, 0) is 0 Å². The summed E-state index contributed by atoms with van der Waals surface area (Å²) in [7, 11) is 0. The third-order valence-corrected chi connectivity index (χ3v) is 6.85. The number of rotatable bonds is 11. The molecule has 0 atom stereocenters. The molecule has 0 aliphatic carbocycles. The van der Waals surface area contributed by atoms with Crippen molar-refractivity contribution in [2.75, 3.05) is 61.4 Å². The molecule has 0 bridgehead atoms. The first-order valence-corrected chi connectivity index (χ1v) is 13.1. The molecular formula is C26H37N5OS. The standard InChI is InChI=1S/C26H37N5OS/c1-3-12-31(13-4-2)22-8-5-20(6-9-22)25(28)23-19-21(7-10-24(23)27)26(32)29-11-14-30-15-17-33-18-16-30/h5-10,19,28H,3-4,11-18,27H2,1-2H3,(H,29,32). The van der Waals surface area contributed by atoms with Gasteiger partial charge >= 0.3 is 0 Å². The lowest BCUT2D eigenvalue weighted by Crippen LogP contribution is -2.39. The Labute approximate surface area is 202 Å². The number of nitrogens with two attached hydrogens (primary N) is 1. The van der Waals surface area contributed by atoms with Gasteiger partial charge in [-0.2, -0.15) is 11.8 Å². The van der Waals surface area contributed by atoms with E-state index in [9.17, 15) is 4.79 Å². The maximum absolute atomic E-state index is 12.7. The maximum atomic E-state index is 12.7. The van der Waals surface area contributed by atoms with Gasteiger partial charge in [0.1, 0.15) is 0 Å². The average molecular weight is 468 g/mol. The van der Waals surface area contributed by atoms with Gasteiger partial charge in [-0.15, -0.1) is 0 Å². The summed E-state index contributed by atoms with van der Waals surface area (Å²) in [6, 6.07) is 13.3. The van der Waals surface area contributed by atoms with E-state index in [0.29, 0.717) is 29.1 Å². The Kier molecular flexibility index (Phi) is 9.63. The van der Waals surface area contributed by atoms with Crippen molar-refractivity contribution in [2.45, 2.75) is 26.7 Å². The maximum Gasteiger partial charge on any atom is 0.251 e. The van der Waals surface area contributed by atoms with Gasteiger partial charge in [0.05, 0.1) is 5.71 Å². The highest BCUT2D eigenvalue weighted by Crippen LogP contribution is 2.22. The summed E-state index contributed by atoms with van der Waals surface area (Å²) in [5.41, 5.74) is 10.1. The van der Waals surface area contributed by atoms with Crippen LogP contribution < -0.4 is 16.0 Å². The Bertz CT molecular complexity index is 919. The SMILES string of the molecule is CCCN(CCC)c1ccc(C(=N)c2cc(C(=O)NCCN3CCSCC3)ccc2N)cc1. The molecule has 2 aromatic carbocycles. The molecule has 33 heavy (non-hydrogen) atoms. The van der Waals surface area contributed by atoms with Crippen LogP contribution in [0.15, 0.2) is 42.5 Å². The zero-order valence-corrected chi connectivity index (χ0v) is 20.7. The van der Waals surface area contributed by atoms with Crippen molar-refractivity contribution in [1.82, 2.24) is 10.2 Å². The molecule has 1 aliphatic rings. The summed E-state index contributed by atoms with van der Waals surface area (Å²) in [4.78, 5) is 17.5. The minimum Gasteiger partial charge on any atom is -0.398 e. The van der Waals surface area contributed by atoms with Crippen LogP contribution in [0.25, 0.3) is 0 Å². The lowest BCUT2D eigenvalue weighted by atomic mass is 9.98. The summed E-state index contributed by atoms with van der Waals surface area (Å²) >= 11 is 1.98. The minimum absolute atomic E-state index is 0.124. The Hall–Kier alpha value is -2.51. The second-order valence-electron chi connectivity index (χ2n) is 8.42. The molecule has 7 heteroatoms. The number of nitrogens with one attached hydrogen (secondary N) is 2. The summed E-state index contributed by atoms with van der Waals surface area (Å²) in [5, 5.41) is 11.7. The second kappa shape index (κ2) is 12.7. The molecule has 0 aromatic heterocycles. The molecule has 178 valence electrons. The third-order valence-electron chi connectivity index (χ3n) is 5.91. The molecule has 1 aliphatic heterocycles. The van der Waals surface area contributed by atoms with Gasteiger partial charge in [-0.3, -0.25) is 15.1 Å². The number of benzene rings is 2. The van der Waals surface area contributed by atoms with E-state index < -0.39 is 0 Å². The van der Waals surface area contributed by atoms with Crippen LogP contribution in [0.5, 0.6) is 0 Å². The fourth-order valence-corrected chi connectivity index (χ4v) is 5.05. The fraction of sp³-hybridized carbons (Fsp3) is 0.462. The van der Waals surface area contributed by atoms with Crippen molar-refractivity contribution >= 4 is 34.8 Å². The minimum atomic E-state index is -0.124. The van der Waals surface area contributed by atoms with E-state index in [2.05, 4.69) is 41.1 Å². The zero-order chi connectivity index (χ0) is 23.6. The van der Waals surface area contributed by atoms with Crippen LogP contribution in [0.4, 0.5) is 11.4 Å². The van der Waals surface area contributed by atoms with Crippen molar-refractivity contribution in [1.29, 1.82) is 5.41 Å². The topological polar surface area (TPSA) is 85.5 Å². The van der Waals surface area contributed by atoms with E-state index in [0.717, 1.165) is 62.6 Å². The molecular weight excluding hydrogens is 430 g/mol. The zero-order valence-electron chi connectivity index (χ0n) is 19.9. The Morgan fingerprint density at radius 2 is 1.70 bits per heavy atom. The van der Waals surface area contributed by atoms with E-state index in [1.807, 2.05) is 23.9 Å². The van der Waals surface area contributed by atoms with E-state index in [1.165, 1.54) is 5.69 Å². The normalized spacial score (nSPS) is 14.1. The molecule has 1 amide bonds. The third kappa shape index (κ3) is 6.98. The van der Waals surface area contributed by atoms with Gasteiger partial charge in [-0.25, -0.2) is 0 Å². The summed E-state index contributed by atoms with van der Waals surface area (Å²) in [6.45, 7) is 10.1. The number of nitrogens with zero attached hydrogens (tertiary/aromatic N) is 2. The van der Waals surface area contributed by atoms with Crippen molar-refractivity contribution < 1.29 is 4.79 Å². The molecule has 2 aromatic rings. The molecule has 1 saturated heterocycles. The summed E-state index contributed by atoms with van der Waals surface area (Å²) in [5.74, 6) is 2.20. The predicted molar refractivity (Wildman–Crippen MR) is 142 cm³/mol. The van der Waals surface area contributed by atoms with Crippen LogP contribution in [0.1, 0.15) is 48.2 Å². The fourth-order valence-electron chi connectivity index (χ4n) is 4.07. The molecule has 3 rings (SSSR count). The van der Waals surface area contributed by atoms with E-state index >= 15 is 0 Å². The molecule has 0 spiro atoms. The van der Waals surface area contributed by atoms with Crippen LogP contribution in [0.2, 0.25) is 0 Å². The molecule has 0 saturated carbocycles. The van der Waals surface area contributed by atoms with Gasteiger partial charge in [0.2, 0.25) is 0 Å². The number of thioether (sulfide) groups is 1. The van der Waals surface area contributed by atoms with Crippen LogP contribution in [0.3, 0.4) is 0 Å². The molecule has 1 heterocycles. The van der Waals surface area contributed by atoms with E-state index in [1.54, 1.807) is 18.2 Å². The number of carbonyl (C=O) groups is 1. The number of nitrogen functional groups attached to an aromatic ring is 1. The largest absolute Gasteiger partial charge is 0.398 e. The van der Waals surface area contributed by atoms with Gasteiger partial charge < -0.3 is 16.0 Å². The average Bonchev–Trinajstić information content (AvgIpc) is 2.84. The predicted octanol–water partition coefficient (Wildman–Crippen LogP) is 4.09. The number of hydrogen-bond acceptors (Lipinski definition) is 6. The van der Waals surface area contributed by atoms with Crippen molar-refractivity contribution in [2.24, 2.45) is 0 Å². The van der Waals surface area contributed by atoms with Crippen molar-refractivity contribution in [3.63, 3.8) is 0 Å². The van der Waals surface area contributed by atoms with Gasteiger partial charge in [-0.1, -0.05) is 26.0 Å². The van der Waals surface area contributed by atoms with Crippen molar-refractivity contribution in [3.8, 4) is 0 Å². The molecule has 6 nitrogen and oxygen atoms in total. The Morgan fingerprint density at radius 1 is 1.06 bits per heavy atom. The van der Waals surface area contributed by atoms with Crippen LogP contribution in [0, 0.1) is 5.41 Å². The smallest absolute Gasteiger partial charge is 0.251 e. The van der Waals surface area contributed by atoms with Gasteiger partial charge in [0.15, 0.2) is 0 Å². The summed E-state index contributed by atoms with van der Waals surface area (Å²) in [6.07, 6.45) is 2.19. The first kappa shape index (κ1) is 25.1. The van der Waals surface area contributed by atoms with Gasteiger partial charge in [0, 0.05) is 78.8 Å². The number of hydrogen-bond donors (Lipinski definition) is 3. The van der Waals surface area contributed by atoms with E-state index in [-0.39, 0.29) is 5.91 Å². The van der Waals surface area contributed by atoms with Crippen LogP contribution in [-0.4, -0.2) is 67.3 Å². The Morgan fingerprint density at radius 3 is 2.33 bits per heavy atom. The van der Waals surface area contributed by atoms with Crippen molar-refractivity contribution in [3.05, 3.63) is 59.2 Å². The number of anilines is 2. The van der Waals surface area contributed by atoms with E-state index in [4.69, 9.17) is 11.1 Å². The Balaban J connectivity index is 1.66. The lowest BCUT2D eigenvalue weighted by molar-refractivity contribution is 0.0949. The quantitative estimate of drug-likeness (QED) is 0.342. The first-order chi connectivity index (χ1) is 16.0. The highest BCUT2D eigenvalue weighted by atomic mass is 32.2. The monoisotopic (exact) mass is 467 g/mol. The second-order valence-corrected chi connectivity index (χ2v) is 9.65. The van der Waals surface area contributed by atoms with Gasteiger partial charge in [0.25, 0.3) is 5.91 Å². The summed E-state index contributed by atoms with van der Waals surface area (Å²) < 4.78 is 0. The van der Waals surface area contributed by atoms with Crippen LogP contribution >= 0.6 is 11.8 Å². The molecule has 0 radical (unpaired) electrons. The highest BCUT2D eigenvalue weighted by Gasteiger charge is 2.15. The van der Waals surface area contributed by atoms with Gasteiger partial charge in [-0.05, 0) is 43.2 Å². The first-order valence-electron chi connectivity index (χ1n) is 12.0. The molecule has 0 unspecified atom stereocenters. The molecule has 1 fully saturated rings. The number of amides is 1. The lowest BCUT2D eigenvalue weighted by Gasteiger charge is -2.26. The highest BCUT2D eigenvalue weighted by molar-refractivity contribution is 7.99. The molecule has 4 N–H and O–H groups in total.